The van der Waals surface area contributed by atoms with Crippen molar-refractivity contribution in [1.82, 2.24) is 0 Å². The number of aliphatic hydroxyl groups is 4. The van der Waals surface area contributed by atoms with Crippen LogP contribution in [0.2, 0.25) is 0 Å². The minimum atomic E-state index is -0.744. The van der Waals surface area contributed by atoms with Gasteiger partial charge in [0, 0.05) is 11.8 Å². The third kappa shape index (κ3) is 8.11. The fourth-order valence-corrected chi connectivity index (χ4v) is 14.4. The summed E-state index contributed by atoms with van der Waals surface area (Å²) in [5.41, 5.74) is 0. The zero-order chi connectivity index (χ0) is 35.8. The number of hydrogen-bond donors (Lipinski definition) is 4. The molecule has 6 saturated carbocycles. The third-order valence-corrected chi connectivity index (χ3v) is 17.5. The average molecular weight is 727 g/mol. The first-order valence-electron chi connectivity index (χ1n) is 23.4. The maximum atomic E-state index is 11.5. The van der Waals surface area contributed by atoms with Gasteiger partial charge in [0.1, 0.15) is 12.2 Å². The fraction of sp³-hybridized carbons (Fsp3) is 1.00. The van der Waals surface area contributed by atoms with Gasteiger partial charge in [-0.15, -0.1) is 0 Å². The van der Waals surface area contributed by atoms with Gasteiger partial charge in [-0.2, -0.15) is 0 Å². The summed E-state index contributed by atoms with van der Waals surface area (Å²) in [7, 11) is 0. The van der Waals surface area contributed by atoms with Crippen LogP contribution in [0.15, 0.2) is 0 Å². The van der Waals surface area contributed by atoms with Crippen molar-refractivity contribution in [2.45, 2.75) is 223 Å². The molecule has 0 spiro atoms. The van der Waals surface area contributed by atoms with Crippen LogP contribution in [0.4, 0.5) is 0 Å². The van der Waals surface area contributed by atoms with Crippen molar-refractivity contribution in [1.29, 1.82) is 0 Å². The van der Waals surface area contributed by atoms with Crippen LogP contribution in [0.3, 0.4) is 0 Å². The standard InChI is InChI=1S/C46H78O6/c1-2-31(44-43(50)41(48)39-35-16-7-5-3-4-6-8-17-36(35)46(39)52-44)14-11-15-33-26-30(24-28-12-9-10-13-28)27-34(33)25-29-18-20-32(21-19-29)45-42(49)40(47)37-22-23-38(37)51-45/h28-50H,2-27H2,1H3/t29?,30?,31?,32?,33?,34?,35?,36?,37?,38-,39?,40-,41-,42-,43-,44?,45?,46-/m1/s1. The first-order chi connectivity index (χ1) is 25.4. The van der Waals surface area contributed by atoms with Crippen LogP contribution in [-0.2, 0) is 9.47 Å². The molecule has 2 aliphatic heterocycles. The molecule has 8 fully saturated rings. The second-order valence-corrected chi connectivity index (χ2v) is 20.4. The van der Waals surface area contributed by atoms with Crippen LogP contribution in [0.1, 0.15) is 174 Å². The molecule has 10 unspecified atom stereocenters. The Morgan fingerprint density at radius 1 is 0.538 bits per heavy atom. The van der Waals surface area contributed by atoms with Crippen molar-refractivity contribution in [3.8, 4) is 0 Å². The Morgan fingerprint density at radius 2 is 1.21 bits per heavy atom. The molecule has 4 N–H and O–H groups in total. The molecule has 6 heteroatoms. The molecule has 0 amide bonds. The molecule has 2 saturated heterocycles. The lowest BCUT2D eigenvalue weighted by atomic mass is 9.54. The first kappa shape index (κ1) is 38.6. The molecule has 0 aromatic carbocycles. The first-order valence-corrected chi connectivity index (χ1v) is 23.4. The Bertz CT molecular complexity index is 1100. The van der Waals surface area contributed by atoms with Gasteiger partial charge in [0.05, 0.1) is 36.6 Å². The molecule has 16 atom stereocenters. The minimum absolute atomic E-state index is 0.140. The third-order valence-electron chi connectivity index (χ3n) is 17.5. The van der Waals surface area contributed by atoms with Gasteiger partial charge in [-0.25, -0.2) is 0 Å². The number of aliphatic hydroxyl groups excluding tert-OH is 4. The molecule has 6 nitrogen and oxygen atoms in total. The Balaban J connectivity index is 0.850. The van der Waals surface area contributed by atoms with E-state index in [0.29, 0.717) is 23.7 Å². The summed E-state index contributed by atoms with van der Waals surface area (Å²) in [6.45, 7) is 2.28. The molecule has 2 heterocycles. The van der Waals surface area contributed by atoms with Crippen LogP contribution in [0.25, 0.3) is 0 Å². The zero-order valence-corrected chi connectivity index (χ0v) is 33.0. The van der Waals surface area contributed by atoms with E-state index in [1.54, 1.807) is 0 Å². The lowest BCUT2D eigenvalue weighted by Gasteiger charge is -2.60. The highest BCUT2D eigenvalue weighted by Crippen LogP contribution is 2.55. The maximum absolute atomic E-state index is 11.5. The Kier molecular flexibility index (Phi) is 13.0. The molecule has 0 bridgehead atoms. The number of ether oxygens (including phenoxy) is 2. The van der Waals surface area contributed by atoms with E-state index in [1.807, 2.05) is 0 Å². The molecule has 8 aliphatic rings. The van der Waals surface area contributed by atoms with Crippen molar-refractivity contribution in [3.05, 3.63) is 0 Å². The number of hydrogen-bond acceptors (Lipinski definition) is 6. The van der Waals surface area contributed by atoms with E-state index in [2.05, 4.69) is 6.92 Å². The predicted molar refractivity (Wildman–Crippen MR) is 205 cm³/mol. The molecule has 0 radical (unpaired) electrons. The van der Waals surface area contributed by atoms with Gasteiger partial charge in [0.25, 0.3) is 0 Å². The van der Waals surface area contributed by atoms with Crippen molar-refractivity contribution in [2.75, 3.05) is 0 Å². The van der Waals surface area contributed by atoms with Gasteiger partial charge in [0.15, 0.2) is 0 Å². The summed E-state index contributed by atoms with van der Waals surface area (Å²) in [6, 6.07) is 0. The van der Waals surface area contributed by atoms with Gasteiger partial charge in [-0.1, -0.05) is 103 Å². The van der Waals surface area contributed by atoms with Crippen molar-refractivity contribution < 1.29 is 29.9 Å². The molecule has 6 aliphatic carbocycles. The summed E-state index contributed by atoms with van der Waals surface area (Å²) >= 11 is 0. The van der Waals surface area contributed by atoms with E-state index in [4.69, 9.17) is 9.47 Å². The van der Waals surface area contributed by atoms with Crippen LogP contribution in [0, 0.1) is 65.1 Å². The second kappa shape index (κ2) is 17.5. The van der Waals surface area contributed by atoms with Gasteiger partial charge >= 0.3 is 0 Å². The van der Waals surface area contributed by atoms with E-state index in [9.17, 15) is 20.4 Å². The highest BCUT2D eigenvalue weighted by atomic mass is 16.5. The van der Waals surface area contributed by atoms with Crippen LogP contribution >= 0.6 is 0 Å². The van der Waals surface area contributed by atoms with E-state index >= 15 is 0 Å². The second-order valence-electron chi connectivity index (χ2n) is 20.4. The van der Waals surface area contributed by atoms with Crippen molar-refractivity contribution >= 4 is 0 Å². The van der Waals surface area contributed by atoms with Gasteiger partial charge in [-0.05, 0) is 124 Å². The fourth-order valence-electron chi connectivity index (χ4n) is 14.4. The Morgan fingerprint density at radius 3 is 1.92 bits per heavy atom. The van der Waals surface area contributed by atoms with Crippen LogP contribution < -0.4 is 0 Å². The lowest BCUT2D eigenvalue weighted by molar-refractivity contribution is -0.291. The summed E-state index contributed by atoms with van der Waals surface area (Å²) in [6.07, 6.45) is 30.6. The van der Waals surface area contributed by atoms with E-state index in [1.165, 1.54) is 128 Å². The van der Waals surface area contributed by atoms with Gasteiger partial charge in [0.2, 0.25) is 0 Å². The molecule has 0 aromatic heterocycles. The van der Waals surface area contributed by atoms with Gasteiger partial charge in [-0.3, -0.25) is 0 Å². The summed E-state index contributed by atoms with van der Waals surface area (Å²) in [5, 5.41) is 44.7. The van der Waals surface area contributed by atoms with Gasteiger partial charge < -0.3 is 29.9 Å². The highest BCUT2D eigenvalue weighted by molar-refractivity contribution is 5.08. The molecular weight excluding hydrogens is 649 g/mol. The van der Waals surface area contributed by atoms with Crippen LogP contribution in [0.5, 0.6) is 0 Å². The normalized spacial score (nSPS) is 49.2. The minimum Gasteiger partial charge on any atom is -0.390 e. The molecular formula is C46H78O6. The summed E-state index contributed by atoms with van der Waals surface area (Å²) in [4.78, 5) is 0. The Hall–Kier alpha value is -0.240. The highest BCUT2D eigenvalue weighted by Gasteiger charge is 2.60. The van der Waals surface area contributed by atoms with Crippen LogP contribution in [-0.4, -0.2) is 69.3 Å². The monoisotopic (exact) mass is 727 g/mol. The molecule has 298 valence electrons. The van der Waals surface area contributed by atoms with E-state index in [0.717, 1.165) is 68.1 Å². The Labute approximate surface area is 317 Å². The summed E-state index contributed by atoms with van der Waals surface area (Å²) < 4.78 is 13.3. The molecule has 8 rings (SSSR count). The molecule has 52 heavy (non-hydrogen) atoms. The zero-order valence-electron chi connectivity index (χ0n) is 33.0. The topological polar surface area (TPSA) is 99.4 Å². The average Bonchev–Trinajstić information content (AvgIpc) is 3.78. The number of rotatable bonds is 11. The quantitative estimate of drug-likeness (QED) is 0.170. The predicted octanol–water partition coefficient (Wildman–Crippen LogP) is 8.99. The molecule has 0 aromatic rings. The SMILES string of the molecule is CCC(CCCC1CC(CC2CCCC2)CC1CC1CCC(C2O[C@@H]3CCC3[C@@H](O)[C@H]2O)CC1)C1O[C@@H]2C3CCCCCCCCC3C2[C@@H](O)[C@H]1O. The van der Waals surface area contributed by atoms with Crippen molar-refractivity contribution in [2.24, 2.45) is 65.1 Å². The lowest BCUT2D eigenvalue weighted by Crippen LogP contribution is -2.67. The largest absolute Gasteiger partial charge is 0.390 e. The number of fused-ring (bicyclic) bond motifs is 5. The van der Waals surface area contributed by atoms with E-state index in [-0.39, 0.29) is 36.3 Å². The maximum Gasteiger partial charge on any atom is 0.107 e. The van der Waals surface area contributed by atoms with E-state index < -0.39 is 24.4 Å². The summed E-state index contributed by atoms with van der Waals surface area (Å²) in [5.74, 6) is 6.43. The smallest absolute Gasteiger partial charge is 0.107 e. The van der Waals surface area contributed by atoms with Crippen molar-refractivity contribution in [3.63, 3.8) is 0 Å².